The molecule has 0 N–H and O–H groups in total. The van der Waals surface area contributed by atoms with Gasteiger partial charge in [0.05, 0.1) is 44.0 Å². The molecular weight excluding hydrogens is 613 g/mol. The Morgan fingerprint density at radius 3 is 1.51 bits per heavy atom. The molecule has 0 saturated carbocycles. The SMILES string of the molecule is [C-]#[N+]c1nc(C#N)nc(C#N)c1/C(C#N)=c1\ccc2c3ccsc3c3cc/c(=C(/C#N)c4c(C#N)nc(C#N)nc4[N+]#[C-])nc3c2n1. The van der Waals surface area contributed by atoms with Crippen LogP contribution in [-0.2, 0) is 0 Å². The summed E-state index contributed by atoms with van der Waals surface area (Å²) in [5.74, 6) is -1.54. The molecule has 210 valence electrons. The molecule has 0 aliphatic rings. The van der Waals surface area contributed by atoms with E-state index in [4.69, 9.17) is 23.1 Å². The summed E-state index contributed by atoms with van der Waals surface area (Å²) in [5.41, 5.74) is -0.816. The van der Waals surface area contributed by atoms with Crippen LogP contribution in [0.4, 0.5) is 11.6 Å². The maximum absolute atomic E-state index is 10.2. The van der Waals surface area contributed by atoms with E-state index in [0.717, 1.165) is 10.1 Å². The molecule has 15 heteroatoms. The third kappa shape index (κ3) is 4.50. The monoisotopic (exact) mass is 618 g/mol. The van der Waals surface area contributed by atoms with Gasteiger partial charge in [-0.15, -0.1) is 11.3 Å². The van der Waals surface area contributed by atoms with E-state index < -0.39 is 11.6 Å². The van der Waals surface area contributed by atoms with E-state index in [0.29, 0.717) is 21.8 Å². The molecule has 0 aliphatic carbocycles. The molecule has 0 amide bonds. The van der Waals surface area contributed by atoms with Gasteiger partial charge in [-0.05, 0) is 35.7 Å². The summed E-state index contributed by atoms with van der Waals surface area (Å²) in [4.78, 5) is 31.7. The summed E-state index contributed by atoms with van der Waals surface area (Å²) in [6.07, 6.45) is 0. The van der Waals surface area contributed by atoms with Crippen molar-refractivity contribution in [1.82, 2.24) is 29.9 Å². The maximum atomic E-state index is 10.2. The zero-order chi connectivity index (χ0) is 33.2. The molecule has 0 aliphatic heterocycles. The fraction of sp³-hybridized carbons (Fsp3) is 0. The molecular formula is C32H6N14S. The van der Waals surface area contributed by atoms with Crippen LogP contribution in [0.3, 0.4) is 0 Å². The summed E-state index contributed by atoms with van der Waals surface area (Å²) >= 11 is 1.45. The van der Waals surface area contributed by atoms with Crippen LogP contribution in [0.15, 0.2) is 35.7 Å². The van der Waals surface area contributed by atoms with Crippen molar-refractivity contribution in [3.63, 3.8) is 0 Å². The van der Waals surface area contributed by atoms with Crippen molar-refractivity contribution in [2.24, 2.45) is 0 Å². The number of thiophene rings is 1. The van der Waals surface area contributed by atoms with Crippen molar-refractivity contribution >= 4 is 66.0 Å². The van der Waals surface area contributed by atoms with E-state index in [1.54, 1.807) is 36.4 Å². The Hall–Kier alpha value is -8.18. The van der Waals surface area contributed by atoms with E-state index in [-0.39, 0.29) is 56.0 Å². The Labute approximate surface area is 266 Å². The van der Waals surface area contributed by atoms with Crippen molar-refractivity contribution in [3.8, 4) is 36.4 Å². The van der Waals surface area contributed by atoms with Crippen molar-refractivity contribution in [2.45, 2.75) is 0 Å². The molecule has 5 aromatic heterocycles. The Balaban J connectivity index is 1.79. The molecule has 1 aromatic carbocycles. The van der Waals surface area contributed by atoms with E-state index in [9.17, 15) is 31.6 Å². The summed E-state index contributed by atoms with van der Waals surface area (Å²) in [7, 11) is 0. The molecule has 5 heterocycles. The summed E-state index contributed by atoms with van der Waals surface area (Å²) < 4.78 is 0.855. The van der Waals surface area contributed by atoms with Crippen LogP contribution in [0, 0.1) is 81.1 Å². The lowest BCUT2D eigenvalue weighted by Crippen LogP contribution is -2.16. The minimum Gasteiger partial charge on any atom is -0.360 e. The van der Waals surface area contributed by atoms with Gasteiger partial charge >= 0.3 is 11.6 Å². The first-order valence-corrected chi connectivity index (χ1v) is 13.7. The number of nitrogens with zero attached hydrogens (tertiary/aromatic N) is 14. The lowest BCUT2D eigenvalue weighted by molar-refractivity contribution is 1.09. The Morgan fingerprint density at radius 1 is 0.574 bits per heavy atom. The highest BCUT2D eigenvalue weighted by Gasteiger charge is 2.23. The Morgan fingerprint density at radius 2 is 1.06 bits per heavy atom. The second-order valence-electron chi connectivity index (χ2n) is 9.18. The summed E-state index contributed by atoms with van der Waals surface area (Å²) in [6, 6.07) is 19.4. The molecule has 0 bridgehead atoms. The van der Waals surface area contributed by atoms with E-state index in [1.165, 1.54) is 11.3 Å². The smallest absolute Gasteiger partial charge is 0.326 e. The third-order valence-electron chi connectivity index (χ3n) is 6.85. The minimum atomic E-state index is -0.402. The molecule has 0 saturated heterocycles. The summed E-state index contributed by atoms with van der Waals surface area (Å²) in [5, 5.41) is 62.6. The van der Waals surface area contributed by atoms with Crippen LogP contribution < -0.4 is 10.7 Å². The van der Waals surface area contributed by atoms with Gasteiger partial charge < -0.3 is 9.69 Å². The molecule has 0 radical (unpaired) electrons. The van der Waals surface area contributed by atoms with Gasteiger partial charge in [-0.1, -0.05) is 23.1 Å². The van der Waals surface area contributed by atoms with Gasteiger partial charge in [0.25, 0.3) is 11.6 Å². The first kappa shape index (κ1) is 28.9. The highest BCUT2D eigenvalue weighted by atomic mass is 32.1. The average Bonchev–Trinajstić information content (AvgIpc) is 3.62. The maximum Gasteiger partial charge on any atom is 0.326 e. The minimum absolute atomic E-state index is 0.0600. The second kappa shape index (κ2) is 11.5. The topological polar surface area (TPSA) is 229 Å². The largest absolute Gasteiger partial charge is 0.360 e. The lowest BCUT2D eigenvalue weighted by atomic mass is 10.0. The van der Waals surface area contributed by atoms with Gasteiger partial charge in [-0.25, -0.2) is 9.97 Å². The van der Waals surface area contributed by atoms with Gasteiger partial charge in [-0.3, -0.25) is 0 Å². The fourth-order valence-electron chi connectivity index (χ4n) is 4.95. The van der Waals surface area contributed by atoms with Gasteiger partial charge in [-0.2, -0.15) is 41.5 Å². The van der Waals surface area contributed by atoms with Gasteiger partial charge in [0.1, 0.15) is 35.7 Å². The van der Waals surface area contributed by atoms with Crippen LogP contribution >= 0.6 is 11.3 Å². The van der Waals surface area contributed by atoms with E-state index in [2.05, 4.69) is 29.6 Å². The normalized spacial score (nSPS) is 11.5. The average molecular weight is 619 g/mol. The lowest BCUT2D eigenvalue weighted by Gasteiger charge is -2.08. The number of aromatic nitrogens is 6. The van der Waals surface area contributed by atoms with Crippen LogP contribution in [0.1, 0.15) is 34.2 Å². The van der Waals surface area contributed by atoms with E-state index >= 15 is 0 Å². The highest BCUT2D eigenvalue weighted by molar-refractivity contribution is 7.18. The predicted molar refractivity (Wildman–Crippen MR) is 163 cm³/mol. The number of nitriles is 6. The second-order valence-corrected chi connectivity index (χ2v) is 10.1. The summed E-state index contributed by atoms with van der Waals surface area (Å²) in [6.45, 7) is 15.2. The number of fused-ring (bicyclic) bond motifs is 6. The number of hydrogen-bond acceptors (Lipinski definition) is 13. The van der Waals surface area contributed by atoms with Crippen molar-refractivity contribution in [3.05, 3.63) is 103 Å². The van der Waals surface area contributed by atoms with Gasteiger partial charge in [0.2, 0.25) is 0 Å². The zero-order valence-corrected chi connectivity index (χ0v) is 23.9. The van der Waals surface area contributed by atoms with Crippen LogP contribution in [0.2, 0.25) is 0 Å². The first-order valence-electron chi connectivity index (χ1n) is 12.8. The number of pyridine rings is 2. The molecule has 6 rings (SSSR count). The van der Waals surface area contributed by atoms with Crippen molar-refractivity contribution in [1.29, 1.82) is 31.6 Å². The third-order valence-corrected chi connectivity index (χ3v) is 7.80. The van der Waals surface area contributed by atoms with E-state index in [1.807, 2.05) is 35.7 Å². The molecule has 0 spiro atoms. The number of rotatable bonds is 2. The quantitative estimate of drug-likeness (QED) is 0.200. The fourth-order valence-corrected chi connectivity index (χ4v) is 5.89. The zero-order valence-electron chi connectivity index (χ0n) is 23.1. The van der Waals surface area contributed by atoms with Crippen LogP contribution in [0.5, 0.6) is 0 Å². The number of hydrogen-bond donors (Lipinski definition) is 0. The van der Waals surface area contributed by atoms with Gasteiger partial charge in [0, 0.05) is 20.9 Å². The van der Waals surface area contributed by atoms with Crippen molar-refractivity contribution in [2.75, 3.05) is 0 Å². The highest BCUT2D eigenvalue weighted by Crippen LogP contribution is 2.36. The predicted octanol–water partition coefficient (Wildman–Crippen LogP) is 3.61. The standard InChI is InChI=1S/C32H6N14S/c1-39-31-26(22(11-35)41-24(13-37)45-31)18(9-33)20-5-3-15-16-7-8-47-30(16)17-4-6-21(44-29(17)28(15)43-20)19(10-34)27-23(12-36)42-25(14-38)46-32(27)40-2/h3-8H/b20-18+,21-19+. The molecule has 0 fully saturated rings. The Bertz CT molecular complexity index is 2630. The molecule has 0 atom stereocenters. The molecule has 47 heavy (non-hydrogen) atoms. The van der Waals surface area contributed by atoms with Gasteiger partial charge in [0.15, 0.2) is 12.1 Å². The molecule has 14 nitrogen and oxygen atoms in total. The van der Waals surface area contributed by atoms with Crippen molar-refractivity contribution < 1.29 is 0 Å². The number of benzene rings is 1. The van der Waals surface area contributed by atoms with Crippen LogP contribution in [-0.4, -0.2) is 29.9 Å². The van der Waals surface area contributed by atoms with Crippen LogP contribution in [0.25, 0.3) is 52.7 Å². The first-order chi connectivity index (χ1) is 22.9. The Kier molecular flexibility index (Phi) is 7.07. The molecule has 6 aromatic rings. The molecule has 0 unspecified atom stereocenters.